The average molecular weight is 396 g/mol. The molecule has 0 amide bonds. The molecule has 0 atom stereocenters. The Labute approximate surface area is 143 Å². The van der Waals surface area contributed by atoms with Crippen LogP contribution in [-0.4, -0.2) is 60.9 Å². The number of nitrogens with zero attached hydrogens (tertiary/aromatic N) is 1. The smallest absolute Gasteiger partial charge is 0.229 e. The van der Waals surface area contributed by atoms with E-state index in [1.165, 1.54) is 34.8 Å². The Morgan fingerprint density at radius 2 is 1.33 bits per heavy atom. The minimum Gasteiger partial charge on any atom is -0.229 e. The fourth-order valence-corrected chi connectivity index (χ4v) is 6.04. The van der Waals surface area contributed by atoms with E-state index in [0.717, 1.165) is 6.26 Å². The Balaban J connectivity index is 2.12. The standard InChI is InChI=1S/C14H21NO6S3/c1-22(16,17)11-12-7-9-15(10-8-12)24(20,21)14-5-3-13(4-6-14)23(2,18)19/h3-6,12H,7-11H2,1-2H3. The number of benzene rings is 1. The molecule has 1 fully saturated rings. The SMILES string of the molecule is CS(=O)(=O)CC1CCN(S(=O)(=O)c2ccc(S(C)(=O)=O)cc2)CC1. The van der Waals surface area contributed by atoms with Gasteiger partial charge in [-0.1, -0.05) is 0 Å². The molecular formula is C14H21NO6S3. The fourth-order valence-electron chi connectivity index (χ4n) is 2.75. The van der Waals surface area contributed by atoms with Gasteiger partial charge in [-0.25, -0.2) is 25.3 Å². The molecule has 0 spiro atoms. The molecule has 10 heteroatoms. The molecule has 0 unspecified atom stereocenters. The summed E-state index contributed by atoms with van der Waals surface area (Å²) in [5.74, 6) is 0.0447. The van der Waals surface area contributed by atoms with E-state index < -0.39 is 29.7 Å². The number of hydrogen-bond acceptors (Lipinski definition) is 6. The summed E-state index contributed by atoms with van der Waals surface area (Å²) in [6, 6.07) is 5.12. The maximum atomic E-state index is 12.6. The molecule has 0 radical (unpaired) electrons. The molecule has 1 aromatic carbocycles. The highest BCUT2D eigenvalue weighted by Gasteiger charge is 2.30. The largest absolute Gasteiger partial charge is 0.243 e. The topological polar surface area (TPSA) is 106 Å². The highest BCUT2D eigenvalue weighted by Crippen LogP contribution is 2.25. The molecule has 1 heterocycles. The molecule has 0 N–H and O–H groups in total. The predicted octanol–water partition coefficient (Wildman–Crippen LogP) is 0.535. The molecule has 0 aliphatic carbocycles. The minimum atomic E-state index is -3.70. The number of sulfone groups is 2. The van der Waals surface area contributed by atoms with Gasteiger partial charge in [0.2, 0.25) is 10.0 Å². The van der Waals surface area contributed by atoms with Crippen molar-refractivity contribution in [2.24, 2.45) is 5.92 Å². The first kappa shape index (κ1) is 19.4. The normalized spacial score (nSPS) is 18.6. The number of hydrogen-bond donors (Lipinski definition) is 0. The van der Waals surface area contributed by atoms with Gasteiger partial charge in [0.25, 0.3) is 0 Å². The van der Waals surface area contributed by atoms with E-state index in [2.05, 4.69) is 0 Å². The quantitative estimate of drug-likeness (QED) is 0.720. The van der Waals surface area contributed by atoms with Crippen molar-refractivity contribution in [3.63, 3.8) is 0 Å². The van der Waals surface area contributed by atoms with Crippen molar-refractivity contribution in [3.05, 3.63) is 24.3 Å². The van der Waals surface area contributed by atoms with E-state index in [0.29, 0.717) is 12.8 Å². The summed E-state index contributed by atoms with van der Waals surface area (Å²) in [4.78, 5) is 0.102. The van der Waals surface area contributed by atoms with Gasteiger partial charge in [-0.2, -0.15) is 4.31 Å². The average Bonchev–Trinajstić information content (AvgIpc) is 2.45. The zero-order valence-electron chi connectivity index (χ0n) is 13.5. The van der Waals surface area contributed by atoms with Gasteiger partial charge >= 0.3 is 0 Å². The molecule has 1 saturated heterocycles. The highest BCUT2D eigenvalue weighted by molar-refractivity contribution is 7.91. The van der Waals surface area contributed by atoms with Crippen LogP contribution >= 0.6 is 0 Å². The lowest BCUT2D eigenvalue weighted by atomic mass is 10.0. The van der Waals surface area contributed by atoms with Gasteiger partial charge in [0.15, 0.2) is 9.84 Å². The highest BCUT2D eigenvalue weighted by atomic mass is 32.2. The van der Waals surface area contributed by atoms with Gasteiger partial charge in [-0.3, -0.25) is 0 Å². The zero-order valence-corrected chi connectivity index (χ0v) is 16.0. The first-order valence-corrected chi connectivity index (χ1v) is 12.8. The second-order valence-corrected chi connectivity index (χ2v) is 12.3. The Hall–Kier alpha value is -0.970. The minimum absolute atomic E-state index is 0.0286. The molecule has 2 rings (SSSR count). The molecule has 24 heavy (non-hydrogen) atoms. The van der Waals surface area contributed by atoms with Gasteiger partial charge in [0.1, 0.15) is 9.84 Å². The second-order valence-electron chi connectivity index (χ2n) is 6.18. The molecule has 1 aromatic rings. The Bertz CT molecular complexity index is 894. The van der Waals surface area contributed by atoms with Crippen molar-refractivity contribution < 1.29 is 25.3 Å². The molecule has 0 aromatic heterocycles. The van der Waals surface area contributed by atoms with Gasteiger partial charge in [0, 0.05) is 25.6 Å². The lowest BCUT2D eigenvalue weighted by molar-refractivity contribution is 0.289. The molecule has 7 nitrogen and oxygen atoms in total. The zero-order chi connectivity index (χ0) is 18.2. The van der Waals surface area contributed by atoms with Crippen LogP contribution in [0.3, 0.4) is 0 Å². The predicted molar refractivity (Wildman–Crippen MR) is 90.7 cm³/mol. The summed E-state index contributed by atoms with van der Waals surface area (Å²) in [5, 5.41) is 0. The summed E-state index contributed by atoms with van der Waals surface area (Å²) in [5.41, 5.74) is 0. The van der Waals surface area contributed by atoms with Crippen molar-refractivity contribution in [1.29, 1.82) is 0 Å². The van der Waals surface area contributed by atoms with Crippen LogP contribution in [0, 0.1) is 5.92 Å². The number of piperidine rings is 1. The van der Waals surface area contributed by atoms with Gasteiger partial charge in [-0.15, -0.1) is 0 Å². The Kier molecular flexibility index (Phi) is 5.43. The third kappa shape index (κ3) is 4.78. The van der Waals surface area contributed by atoms with E-state index >= 15 is 0 Å². The van der Waals surface area contributed by atoms with Crippen LogP contribution in [0.2, 0.25) is 0 Å². The molecule has 0 saturated carbocycles. The van der Waals surface area contributed by atoms with Crippen LogP contribution in [0.15, 0.2) is 34.1 Å². The van der Waals surface area contributed by atoms with E-state index in [9.17, 15) is 25.3 Å². The van der Waals surface area contributed by atoms with Crippen LogP contribution in [0.4, 0.5) is 0 Å². The van der Waals surface area contributed by atoms with Crippen molar-refractivity contribution in [2.45, 2.75) is 22.6 Å². The molecule has 1 aliphatic rings. The van der Waals surface area contributed by atoms with Gasteiger partial charge < -0.3 is 0 Å². The van der Waals surface area contributed by atoms with Gasteiger partial charge in [-0.05, 0) is 43.0 Å². The van der Waals surface area contributed by atoms with Crippen LogP contribution in [-0.2, 0) is 29.7 Å². The van der Waals surface area contributed by atoms with Crippen molar-refractivity contribution in [3.8, 4) is 0 Å². The summed E-state index contributed by atoms with van der Waals surface area (Å²) in [6.45, 7) is 0.521. The van der Waals surface area contributed by atoms with Crippen LogP contribution in [0.1, 0.15) is 12.8 Å². The number of rotatable bonds is 5. The maximum absolute atomic E-state index is 12.6. The maximum Gasteiger partial charge on any atom is 0.243 e. The lowest BCUT2D eigenvalue weighted by Gasteiger charge is -2.30. The van der Waals surface area contributed by atoms with E-state index in [1.54, 1.807) is 0 Å². The fraction of sp³-hybridized carbons (Fsp3) is 0.571. The lowest BCUT2D eigenvalue weighted by Crippen LogP contribution is -2.39. The van der Waals surface area contributed by atoms with Crippen LogP contribution in [0.5, 0.6) is 0 Å². The molecule has 136 valence electrons. The number of sulfonamides is 1. The van der Waals surface area contributed by atoms with Crippen molar-refractivity contribution >= 4 is 29.7 Å². The molecular weight excluding hydrogens is 374 g/mol. The Morgan fingerprint density at radius 1 is 0.875 bits per heavy atom. The van der Waals surface area contributed by atoms with Crippen molar-refractivity contribution in [1.82, 2.24) is 4.31 Å². The third-order valence-corrected chi connectivity index (χ3v) is 8.12. The van der Waals surface area contributed by atoms with Crippen LogP contribution in [0.25, 0.3) is 0 Å². The summed E-state index contributed by atoms with van der Waals surface area (Å²) >= 11 is 0. The Morgan fingerprint density at radius 3 is 1.75 bits per heavy atom. The summed E-state index contributed by atoms with van der Waals surface area (Å²) < 4.78 is 72.1. The second kappa shape index (κ2) is 6.74. The first-order valence-electron chi connectivity index (χ1n) is 7.37. The first-order chi connectivity index (χ1) is 10.9. The van der Waals surface area contributed by atoms with Crippen LogP contribution < -0.4 is 0 Å². The van der Waals surface area contributed by atoms with Gasteiger partial charge in [0.05, 0.1) is 15.5 Å². The third-order valence-electron chi connectivity index (χ3n) is 4.00. The van der Waals surface area contributed by atoms with E-state index in [1.807, 2.05) is 0 Å². The van der Waals surface area contributed by atoms with Crippen molar-refractivity contribution in [2.75, 3.05) is 31.4 Å². The molecule has 1 aliphatic heterocycles. The monoisotopic (exact) mass is 395 g/mol. The van der Waals surface area contributed by atoms with E-state index in [4.69, 9.17) is 0 Å². The summed E-state index contributed by atoms with van der Waals surface area (Å²) in [6.07, 6.45) is 3.23. The molecule has 0 bridgehead atoms. The summed E-state index contributed by atoms with van der Waals surface area (Å²) in [7, 11) is -10.2. The van der Waals surface area contributed by atoms with E-state index in [-0.39, 0.29) is 34.6 Å².